The summed E-state index contributed by atoms with van der Waals surface area (Å²) in [5, 5.41) is 14.5. The third-order valence-electron chi connectivity index (χ3n) is 3.63. The van der Waals surface area contributed by atoms with Crippen molar-refractivity contribution in [3.05, 3.63) is 65.1 Å². The van der Waals surface area contributed by atoms with Gasteiger partial charge in [-0.1, -0.05) is 17.7 Å². The Morgan fingerprint density at radius 1 is 1.24 bits per heavy atom. The summed E-state index contributed by atoms with van der Waals surface area (Å²) in [6, 6.07) is 12.9. The van der Waals surface area contributed by atoms with Gasteiger partial charge in [-0.3, -0.25) is 4.79 Å². The predicted octanol–water partition coefficient (Wildman–Crippen LogP) is 3.76. The zero-order valence-electron chi connectivity index (χ0n) is 14.8. The van der Waals surface area contributed by atoms with E-state index in [0.717, 1.165) is 6.20 Å². The van der Waals surface area contributed by atoms with E-state index in [0.29, 0.717) is 22.7 Å². The van der Waals surface area contributed by atoms with Crippen LogP contribution in [0.4, 0.5) is 27.5 Å². The highest BCUT2D eigenvalue weighted by Gasteiger charge is 2.10. The van der Waals surface area contributed by atoms with Crippen molar-refractivity contribution in [2.75, 3.05) is 17.2 Å². The van der Waals surface area contributed by atoms with Gasteiger partial charge in [-0.2, -0.15) is 10.2 Å². The molecule has 0 bridgehead atoms. The molecule has 3 rings (SSSR count). The molecular formula is C19H14ClFN6O2. The number of nitrogens with zero attached hydrogens (tertiary/aromatic N) is 3. The quantitative estimate of drug-likeness (QED) is 0.539. The van der Waals surface area contributed by atoms with Gasteiger partial charge in [0.25, 0.3) is 0 Å². The molecule has 8 nitrogen and oxygen atoms in total. The first-order chi connectivity index (χ1) is 14.0. The normalized spacial score (nSPS) is 10.1. The number of carbonyl (C=O) groups is 1. The molecule has 0 aliphatic heterocycles. The Hall–Kier alpha value is -3.90. The molecule has 0 aliphatic carbocycles. The Balaban J connectivity index is 1.79. The van der Waals surface area contributed by atoms with Gasteiger partial charge in [0.2, 0.25) is 11.9 Å². The molecule has 29 heavy (non-hydrogen) atoms. The van der Waals surface area contributed by atoms with Crippen molar-refractivity contribution < 1.29 is 13.9 Å². The van der Waals surface area contributed by atoms with Crippen molar-refractivity contribution in [3.8, 4) is 11.8 Å². The molecule has 0 saturated heterocycles. The Morgan fingerprint density at radius 3 is 2.76 bits per heavy atom. The summed E-state index contributed by atoms with van der Waals surface area (Å²) in [5.74, 6) is -0.901. The summed E-state index contributed by atoms with van der Waals surface area (Å²) in [6.07, 6.45) is 1.00. The predicted molar refractivity (Wildman–Crippen MR) is 106 cm³/mol. The molecule has 1 aromatic heterocycles. The summed E-state index contributed by atoms with van der Waals surface area (Å²) in [5.41, 5.74) is 6.54. The number of anilines is 4. The van der Waals surface area contributed by atoms with Crippen molar-refractivity contribution in [2.45, 2.75) is 0 Å². The largest absolute Gasteiger partial charge is 0.477 e. The lowest BCUT2D eigenvalue weighted by molar-refractivity contribution is 0.100. The lowest BCUT2D eigenvalue weighted by Crippen LogP contribution is -2.11. The van der Waals surface area contributed by atoms with Gasteiger partial charge in [-0.15, -0.1) is 0 Å². The van der Waals surface area contributed by atoms with Crippen LogP contribution >= 0.6 is 11.6 Å². The topological polar surface area (TPSA) is 126 Å². The van der Waals surface area contributed by atoms with Gasteiger partial charge < -0.3 is 21.1 Å². The zero-order valence-corrected chi connectivity index (χ0v) is 15.6. The fraction of sp³-hybridized carbons (Fsp3) is 0.0526. The number of primary amides is 1. The van der Waals surface area contributed by atoms with Gasteiger partial charge in [0.15, 0.2) is 18.2 Å². The molecule has 3 aromatic rings. The maximum atomic E-state index is 14.1. The van der Waals surface area contributed by atoms with Gasteiger partial charge in [-0.05, 0) is 36.4 Å². The molecular weight excluding hydrogens is 399 g/mol. The van der Waals surface area contributed by atoms with Crippen molar-refractivity contribution >= 4 is 40.6 Å². The fourth-order valence-electron chi connectivity index (χ4n) is 2.34. The van der Waals surface area contributed by atoms with E-state index in [2.05, 4.69) is 20.6 Å². The summed E-state index contributed by atoms with van der Waals surface area (Å²) in [4.78, 5) is 19.3. The molecule has 10 heteroatoms. The molecule has 0 atom stereocenters. The third-order valence-corrected chi connectivity index (χ3v) is 3.93. The highest BCUT2D eigenvalue weighted by Crippen LogP contribution is 2.29. The van der Waals surface area contributed by atoms with E-state index < -0.39 is 11.7 Å². The number of ether oxygens (including phenoxy) is 1. The second kappa shape index (κ2) is 8.86. The Kier molecular flexibility index (Phi) is 6.06. The molecule has 4 N–H and O–H groups in total. The highest BCUT2D eigenvalue weighted by molar-refractivity contribution is 6.32. The van der Waals surface area contributed by atoms with E-state index in [1.807, 2.05) is 6.07 Å². The molecule has 1 amide bonds. The number of nitrogens with one attached hydrogen (secondary N) is 2. The number of amides is 1. The van der Waals surface area contributed by atoms with Crippen LogP contribution in [-0.4, -0.2) is 22.5 Å². The molecule has 0 saturated carbocycles. The first-order valence-corrected chi connectivity index (χ1v) is 8.60. The number of hydrogen-bond donors (Lipinski definition) is 3. The fourth-order valence-corrected chi connectivity index (χ4v) is 2.57. The van der Waals surface area contributed by atoms with Crippen molar-refractivity contribution in [1.29, 1.82) is 5.26 Å². The van der Waals surface area contributed by atoms with Gasteiger partial charge in [-0.25, -0.2) is 9.37 Å². The average molecular weight is 413 g/mol. The van der Waals surface area contributed by atoms with Crippen LogP contribution in [0.5, 0.6) is 5.75 Å². The number of halogens is 2. The number of aromatic nitrogens is 2. The number of hydrogen-bond acceptors (Lipinski definition) is 7. The van der Waals surface area contributed by atoms with Crippen LogP contribution in [0, 0.1) is 17.1 Å². The SMILES string of the molecule is N#CCOc1ccc(Nc2nc(Nc3cccc(C(N)=O)c3)ncc2F)cc1Cl. The molecule has 0 unspecified atom stereocenters. The van der Waals surface area contributed by atoms with E-state index in [-0.39, 0.29) is 23.4 Å². The number of nitriles is 1. The van der Waals surface area contributed by atoms with Crippen LogP contribution in [0.2, 0.25) is 5.02 Å². The number of nitrogens with two attached hydrogens (primary N) is 1. The minimum atomic E-state index is -0.678. The smallest absolute Gasteiger partial charge is 0.248 e. The minimum absolute atomic E-state index is 0.0877. The lowest BCUT2D eigenvalue weighted by atomic mass is 10.2. The monoisotopic (exact) mass is 412 g/mol. The van der Waals surface area contributed by atoms with Crippen LogP contribution in [-0.2, 0) is 0 Å². The van der Waals surface area contributed by atoms with Crippen LogP contribution in [0.15, 0.2) is 48.7 Å². The van der Waals surface area contributed by atoms with Crippen molar-refractivity contribution in [3.63, 3.8) is 0 Å². The van der Waals surface area contributed by atoms with E-state index in [4.69, 9.17) is 27.3 Å². The van der Waals surface area contributed by atoms with Crippen LogP contribution < -0.4 is 21.1 Å². The number of benzene rings is 2. The average Bonchev–Trinajstić information content (AvgIpc) is 2.70. The first-order valence-electron chi connectivity index (χ1n) is 8.22. The van der Waals surface area contributed by atoms with E-state index in [1.165, 1.54) is 12.1 Å². The third kappa shape index (κ3) is 5.09. The van der Waals surface area contributed by atoms with Crippen LogP contribution in [0.1, 0.15) is 10.4 Å². The Bertz CT molecular complexity index is 1100. The molecule has 146 valence electrons. The van der Waals surface area contributed by atoms with Crippen molar-refractivity contribution in [1.82, 2.24) is 9.97 Å². The number of carbonyl (C=O) groups excluding carboxylic acids is 1. The molecule has 0 radical (unpaired) electrons. The van der Waals surface area contributed by atoms with Crippen LogP contribution in [0.25, 0.3) is 0 Å². The van der Waals surface area contributed by atoms with Gasteiger partial charge in [0.1, 0.15) is 11.8 Å². The minimum Gasteiger partial charge on any atom is -0.477 e. The van der Waals surface area contributed by atoms with E-state index in [1.54, 1.807) is 30.3 Å². The van der Waals surface area contributed by atoms with Gasteiger partial charge in [0, 0.05) is 16.9 Å². The highest BCUT2D eigenvalue weighted by atomic mass is 35.5. The van der Waals surface area contributed by atoms with Crippen LogP contribution in [0.3, 0.4) is 0 Å². The van der Waals surface area contributed by atoms with E-state index in [9.17, 15) is 9.18 Å². The standard InChI is InChI=1S/C19H14ClFN6O2/c20-14-9-13(4-5-16(14)29-7-6-22)25-18-15(21)10-24-19(27-18)26-12-3-1-2-11(8-12)17(23)28/h1-5,8-10H,7H2,(H2,23,28)(H2,24,25,26,27). The summed E-state index contributed by atoms with van der Waals surface area (Å²) in [7, 11) is 0. The van der Waals surface area contributed by atoms with Gasteiger partial charge in [0.05, 0.1) is 11.2 Å². The molecule has 2 aromatic carbocycles. The molecule has 0 aliphatic rings. The molecule has 0 spiro atoms. The Labute approximate surface area is 170 Å². The lowest BCUT2D eigenvalue weighted by Gasteiger charge is -2.11. The maximum absolute atomic E-state index is 14.1. The first kappa shape index (κ1) is 19.9. The van der Waals surface area contributed by atoms with Gasteiger partial charge >= 0.3 is 0 Å². The molecule has 0 fully saturated rings. The Morgan fingerprint density at radius 2 is 2.03 bits per heavy atom. The summed E-state index contributed by atoms with van der Waals surface area (Å²) in [6.45, 7) is -0.140. The van der Waals surface area contributed by atoms with Crippen molar-refractivity contribution in [2.24, 2.45) is 5.73 Å². The van der Waals surface area contributed by atoms with E-state index >= 15 is 0 Å². The molecule has 1 heterocycles. The summed E-state index contributed by atoms with van der Waals surface area (Å²) >= 11 is 6.10. The summed E-state index contributed by atoms with van der Waals surface area (Å²) < 4.78 is 19.3. The zero-order chi connectivity index (χ0) is 20.8. The number of rotatable bonds is 7. The second-order valence-electron chi connectivity index (χ2n) is 5.68. The second-order valence-corrected chi connectivity index (χ2v) is 6.08. The maximum Gasteiger partial charge on any atom is 0.248 e.